The lowest BCUT2D eigenvalue weighted by molar-refractivity contribution is 0.134. The van der Waals surface area contributed by atoms with Crippen LogP contribution in [0.15, 0.2) is 6.20 Å². The second kappa shape index (κ2) is 3.15. The third-order valence-corrected chi connectivity index (χ3v) is 2.40. The highest BCUT2D eigenvalue weighted by molar-refractivity contribution is 5.37. The number of hydrogen-bond acceptors (Lipinski definition) is 3. The minimum Gasteiger partial charge on any atom is -0.372 e. The molecule has 3 nitrogen and oxygen atoms in total. The molecule has 0 radical (unpaired) electrons. The number of hydrogen-bond donors (Lipinski definition) is 0. The van der Waals surface area contributed by atoms with Gasteiger partial charge in [0.25, 0.3) is 0 Å². The summed E-state index contributed by atoms with van der Waals surface area (Å²) >= 11 is 0. The highest BCUT2D eigenvalue weighted by Crippen LogP contribution is 2.23. The fourth-order valence-electron chi connectivity index (χ4n) is 1.59. The molecule has 0 aliphatic carbocycles. The van der Waals surface area contributed by atoms with Gasteiger partial charge in [-0.05, 0) is 18.1 Å². The Hall–Kier alpha value is -1.40. The zero-order valence-electron chi connectivity index (χ0n) is 7.50. The Balaban J connectivity index is 2.47. The lowest BCUT2D eigenvalue weighted by Crippen LogP contribution is -1.98. The van der Waals surface area contributed by atoms with E-state index < -0.39 is 0 Å². The van der Waals surface area contributed by atoms with Crippen molar-refractivity contribution in [3.05, 3.63) is 28.6 Å². The number of nitrogens with zero attached hydrogens (tertiary/aromatic N) is 2. The first-order valence-corrected chi connectivity index (χ1v) is 4.24. The highest BCUT2D eigenvalue weighted by atomic mass is 16.5. The maximum Gasteiger partial charge on any atom is 0.0777 e. The van der Waals surface area contributed by atoms with E-state index in [4.69, 9.17) is 10.00 Å². The molecule has 0 saturated carbocycles. The van der Waals surface area contributed by atoms with Crippen molar-refractivity contribution in [2.45, 2.75) is 26.6 Å². The van der Waals surface area contributed by atoms with Gasteiger partial charge < -0.3 is 4.74 Å². The number of rotatable bonds is 1. The van der Waals surface area contributed by atoms with E-state index in [9.17, 15) is 0 Å². The van der Waals surface area contributed by atoms with Crippen molar-refractivity contribution in [2.24, 2.45) is 0 Å². The molecule has 1 aliphatic heterocycles. The standard InChI is InChI=1S/C10H10N2O/c1-7-9-6-13-5-8(9)4-12-10(7)2-3-11/h4H,2,5-6H2,1H3. The fourth-order valence-corrected chi connectivity index (χ4v) is 1.59. The van der Waals surface area contributed by atoms with Gasteiger partial charge >= 0.3 is 0 Å². The van der Waals surface area contributed by atoms with E-state index in [-0.39, 0.29) is 0 Å². The van der Waals surface area contributed by atoms with E-state index in [2.05, 4.69) is 11.1 Å². The molecule has 3 heteroatoms. The lowest BCUT2D eigenvalue weighted by Gasteiger charge is -2.05. The van der Waals surface area contributed by atoms with Crippen molar-refractivity contribution in [3.8, 4) is 6.07 Å². The first-order chi connectivity index (χ1) is 6.33. The van der Waals surface area contributed by atoms with Crippen molar-refractivity contribution in [1.82, 2.24) is 4.98 Å². The molecule has 0 unspecified atom stereocenters. The first kappa shape index (κ1) is 8.21. The first-order valence-electron chi connectivity index (χ1n) is 4.24. The van der Waals surface area contributed by atoms with Crippen LogP contribution >= 0.6 is 0 Å². The predicted molar refractivity (Wildman–Crippen MR) is 46.8 cm³/mol. The van der Waals surface area contributed by atoms with Crippen molar-refractivity contribution in [3.63, 3.8) is 0 Å². The molecule has 2 rings (SSSR count). The average Bonchev–Trinajstić information content (AvgIpc) is 2.58. The monoisotopic (exact) mass is 174 g/mol. The minimum atomic E-state index is 0.388. The van der Waals surface area contributed by atoms with Gasteiger partial charge in [0.2, 0.25) is 0 Å². The van der Waals surface area contributed by atoms with Crippen LogP contribution in [0.5, 0.6) is 0 Å². The van der Waals surface area contributed by atoms with Gasteiger partial charge in [-0.25, -0.2) is 0 Å². The van der Waals surface area contributed by atoms with Crippen LogP contribution in [0.1, 0.15) is 22.4 Å². The summed E-state index contributed by atoms with van der Waals surface area (Å²) in [4.78, 5) is 4.24. The molecule has 0 bridgehead atoms. The Morgan fingerprint density at radius 3 is 3.23 bits per heavy atom. The Morgan fingerprint density at radius 2 is 2.46 bits per heavy atom. The van der Waals surface area contributed by atoms with Gasteiger partial charge in [-0.3, -0.25) is 4.98 Å². The number of fused-ring (bicyclic) bond motifs is 1. The van der Waals surface area contributed by atoms with E-state index >= 15 is 0 Å². The maximum atomic E-state index is 8.57. The largest absolute Gasteiger partial charge is 0.372 e. The summed E-state index contributed by atoms with van der Waals surface area (Å²) in [6.07, 6.45) is 2.21. The molecule has 0 aromatic carbocycles. The number of pyridine rings is 1. The quantitative estimate of drug-likeness (QED) is 0.648. The van der Waals surface area contributed by atoms with Crippen molar-refractivity contribution >= 4 is 0 Å². The molecule has 1 aromatic heterocycles. The van der Waals surface area contributed by atoms with Crippen LogP contribution in [0.2, 0.25) is 0 Å². The summed E-state index contributed by atoms with van der Waals surface area (Å²) < 4.78 is 5.31. The SMILES string of the molecule is Cc1c(CC#N)ncc2c1COC2. The summed E-state index contributed by atoms with van der Waals surface area (Å²) in [6.45, 7) is 3.34. The molecular formula is C10H10N2O. The molecule has 0 spiro atoms. The van der Waals surface area contributed by atoms with E-state index in [0.29, 0.717) is 19.6 Å². The van der Waals surface area contributed by atoms with Gasteiger partial charge in [0.05, 0.1) is 31.4 Å². The molecule has 0 fully saturated rings. The third-order valence-electron chi connectivity index (χ3n) is 2.40. The van der Waals surface area contributed by atoms with Crippen LogP contribution < -0.4 is 0 Å². The summed E-state index contributed by atoms with van der Waals surface area (Å²) in [7, 11) is 0. The van der Waals surface area contributed by atoms with Crippen LogP contribution in [0.25, 0.3) is 0 Å². The molecule has 0 N–H and O–H groups in total. The van der Waals surface area contributed by atoms with E-state index in [0.717, 1.165) is 11.3 Å². The number of ether oxygens (including phenoxy) is 1. The molecular weight excluding hydrogens is 164 g/mol. The summed E-state index contributed by atoms with van der Waals surface area (Å²) in [5, 5.41) is 8.57. The molecule has 2 heterocycles. The maximum absolute atomic E-state index is 8.57. The highest BCUT2D eigenvalue weighted by Gasteiger charge is 2.16. The van der Waals surface area contributed by atoms with Crippen molar-refractivity contribution < 1.29 is 4.74 Å². The Labute approximate surface area is 77.0 Å². The molecule has 0 amide bonds. The zero-order chi connectivity index (χ0) is 9.26. The second-order valence-corrected chi connectivity index (χ2v) is 3.16. The molecule has 1 aromatic rings. The second-order valence-electron chi connectivity index (χ2n) is 3.16. The molecule has 66 valence electrons. The smallest absolute Gasteiger partial charge is 0.0777 e. The van der Waals surface area contributed by atoms with Gasteiger partial charge in [-0.2, -0.15) is 5.26 Å². The lowest BCUT2D eigenvalue weighted by atomic mass is 10.0. The van der Waals surface area contributed by atoms with Gasteiger partial charge in [0.1, 0.15) is 0 Å². The van der Waals surface area contributed by atoms with Gasteiger partial charge in [0, 0.05) is 11.8 Å². The van der Waals surface area contributed by atoms with Crippen LogP contribution in [0.4, 0.5) is 0 Å². The van der Waals surface area contributed by atoms with Crippen LogP contribution in [-0.2, 0) is 24.4 Å². The van der Waals surface area contributed by atoms with Crippen LogP contribution in [0.3, 0.4) is 0 Å². The van der Waals surface area contributed by atoms with E-state index in [1.165, 1.54) is 11.1 Å². The molecule has 1 aliphatic rings. The van der Waals surface area contributed by atoms with Gasteiger partial charge in [-0.1, -0.05) is 0 Å². The molecule has 0 saturated heterocycles. The van der Waals surface area contributed by atoms with Crippen LogP contribution in [-0.4, -0.2) is 4.98 Å². The topological polar surface area (TPSA) is 45.9 Å². The number of aromatic nitrogens is 1. The Morgan fingerprint density at radius 1 is 1.62 bits per heavy atom. The zero-order valence-corrected chi connectivity index (χ0v) is 7.50. The molecule has 13 heavy (non-hydrogen) atoms. The van der Waals surface area contributed by atoms with E-state index in [1.807, 2.05) is 13.1 Å². The fraction of sp³-hybridized carbons (Fsp3) is 0.400. The van der Waals surface area contributed by atoms with Gasteiger partial charge in [-0.15, -0.1) is 0 Å². The van der Waals surface area contributed by atoms with Gasteiger partial charge in [0.15, 0.2) is 0 Å². The predicted octanol–water partition coefficient (Wildman–Crippen LogP) is 1.49. The Kier molecular flexibility index (Phi) is 1.99. The van der Waals surface area contributed by atoms with Crippen molar-refractivity contribution in [2.75, 3.05) is 0 Å². The number of nitriles is 1. The van der Waals surface area contributed by atoms with E-state index in [1.54, 1.807) is 0 Å². The van der Waals surface area contributed by atoms with Crippen molar-refractivity contribution in [1.29, 1.82) is 5.26 Å². The minimum absolute atomic E-state index is 0.388. The summed E-state index contributed by atoms with van der Waals surface area (Å²) in [5.41, 5.74) is 4.39. The normalized spacial score (nSPS) is 13.8. The summed E-state index contributed by atoms with van der Waals surface area (Å²) in [6, 6.07) is 2.11. The molecule has 0 atom stereocenters. The van der Waals surface area contributed by atoms with Crippen LogP contribution in [0, 0.1) is 18.3 Å². The average molecular weight is 174 g/mol. The Bertz CT molecular complexity index is 379. The summed E-state index contributed by atoms with van der Waals surface area (Å²) in [5.74, 6) is 0. The third kappa shape index (κ3) is 1.30.